The molecule has 1 aromatic carbocycles. The molecule has 0 N–H and O–H groups in total. The summed E-state index contributed by atoms with van der Waals surface area (Å²) in [4.78, 5) is 0. The Hall–Kier alpha value is -1.29. The predicted octanol–water partition coefficient (Wildman–Crippen LogP) is 4.01. The number of nitriles is 1. The van der Waals surface area contributed by atoms with Gasteiger partial charge in [0.1, 0.15) is 0 Å². The van der Waals surface area contributed by atoms with Gasteiger partial charge in [0.05, 0.1) is 12.0 Å². The van der Waals surface area contributed by atoms with Gasteiger partial charge in [-0.1, -0.05) is 57.0 Å². The quantitative estimate of drug-likeness (QED) is 0.702. The largest absolute Gasteiger partial charge is 0.198 e. The summed E-state index contributed by atoms with van der Waals surface area (Å²) in [5, 5.41) is 9.13. The van der Waals surface area contributed by atoms with Gasteiger partial charge in [0, 0.05) is 0 Å². The molecule has 1 heteroatoms. The van der Waals surface area contributed by atoms with E-state index in [9.17, 15) is 0 Å². The summed E-state index contributed by atoms with van der Waals surface area (Å²) in [6.07, 6.45) is 4.04. The van der Waals surface area contributed by atoms with E-state index >= 15 is 0 Å². The standard InChI is InChI=1S/C15H20N/c1-3-7-13(2)10-15(12-16)11-14-8-5-4-6-9-14/h4-6,8-9,13,15H,2-3,7,10-11H2,1H3. The fraction of sp³-hybridized carbons (Fsp3) is 0.467. The van der Waals surface area contributed by atoms with E-state index in [1.54, 1.807) is 0 Å². The lowest BCUT2D eigenvalue weighted by Gasteiger charge is -2.14. The van der Waals surface area contributed by atoms with Crippen LogP contribution < -0.4 is 0 Å². The number of benzene rings is 1. The van der Waals surface area contributed by atoms with Crippen molar-refractivity contribution in [2.24, 2.45) is 11.8 Å². The maximum absolute atomic E-state index is 9.13. The van der Waals surface area contributed by atoms with E-state index < -0.39 is 0 Å². The smallest absolute Gasteiger partial charge is 0.0659 e. The Morgan fingerprint density at radius 2 is 2.00 bits per heavy atom. The summed E-state index contributed by atoms with van der Waals surface area (Å²) in [5.74, 6) is 0.523. The lowest BCUT2D eigenvalue weighted by atomic mass is 9.89. The van der Waals surface area contributed by atoms with Gasteiger partial charge in [-0.25, -0.2) is 0 Å². The zero-order valence-corrected chi connectivity index (χ0v) is 10.0. The summed E-state index contributed by atoms with van der Waals surface area (Å²) in [6.45, 7) is 6.27. The first-order valence-electron chi connectivity index (χ1n) is 6.02. The van der Waals surface area contributed by atoms with Gasteiger partial charge in [-0.05, 0) is 24.3 Å². The molecule has 85 valence electrons. The molecule has 1 rings (SSSR count). The molecular weight excluding hydrogens is 194 g/mol. The fourth-order valence-corrected chi connectivity index (χ4v) is 2.01. The number of hydrogen-bond donors (Lipinski definition) is 0. The van der Waals surface area contributed by atoms with Crippen molar-refractivity contribution in [2.75, 3.05) is 0 Å². The molecule has 0 aromatic heterocycles. The molecule has 16 heavy (non-hydrogen) atoms. The van der Waals surface area contributed by atoms with E-state index in [1.807, 2.05) is 18.2 Å². The molecule has 2 unspecified atom stereocenters. The highest BCUT2D eigenvalue weighted by molar-refractivity contribution is 5.16. The first-order chi connectivity index (χ1) is 7.76. The molecule has 0 amide bonds. The molecule has 2 atom stereocenters. The molecule has 0 spiro atoms. The van der Waals surface area contributed by atoms with Gasteiger partial charge in [-0.3, -0.25) is 0 Å². The van der Waals surface area contributed by atoms with E-state index in [0.29, 0.717) is 5.92 Å². The van der Waals surface area contributed by atoms with Crippen molar-refractivity contribution in [3.63, 3.8) is 0 Å². The van der Waals surface area contributed by atoms with Crippen molar-refractivity contribution in [3.8, 4) is 6.07 Å². The number of rotatable bonds is 6. The van der Waals surface area contributed by atoms with Crippen molar-refractivity contribution < 1.29 is 0 Å². The summed E-state index contributed by atoms with van der Waals surface area (Å²) in [6, 6.07) is 12.6. The van der Waals surface area contributed by atoms with E-state index in [-0.39, 0.29) is 5.92 Å². The van der Waals surface area contributed by atoms with Crippen LogP contribution in [0, 0.1) is 30.1 Å². The van der Waals surface area contributed by atoms with Gasteiger partial charge < -0.3 is 0 Å². The number of nitrogens with zero attached hydrogens (tertiary/aromatic N) is 1. The van der Waals surface area contributed by atoms with Crippen LogP contribution in [-0.2, 0) is 6.42 Å². The summed E-state index contributed by atoms with van der Waals surface area (Å²) in [5.41, 5.74) is 1.25. The maximum atomic E-state index is 9.13. The molecule has 1 nitrogen and oxygen atoms in total. The van der Waals surface area contributed by atoms with E-state index in [4.69, 9.17) is 5.26 Å². The van der Waals surface area contributed by atoms with Crippen LogP contribution in [-0.4, -0.2) is 0 Å². The minimum Gasteiger partial charge on any atom is -0.198 e. The first-order valence-corrected chi connectivity index (χ1v) is 6.02. The highest BCUT2D eigenvalue weighted by Gasteiger charge is 2.12. The predicted molar refractivity (Wildman–Crippen MR) is 67.6 cm³/mol. The second-order valence-electron chi connectivity index (χ2n) is 4.41. The van der Waals surface area contributed by atoms with Gasteiger partial charge in [-0.15, -0.1) is 0 Å². The fourth-order valence-electron chi connectivity index (χ4n) is 2.01. The summed E-state index contributed by atoms with van der Waals surface area (Å²) < 4.78 is 0. The molecule has 1 radical (unpaired) electrons. The molecule has 0 bridgehead atoms. The highest BCUT2D eigenvalue weighted by atomic mass is 14.3. The minimum atomic E-state index is 0.108. The van der Waals surface area contributed by atoms with E-state index in [0.717, 1.165) is 25.7 Å². The molecule has 0 aliphatic carbocycles. The van der Waals surface area contributed by atoms with Gasteiger partial charge in [0.2, 0.25) is 0 Å². The first kappa shape index (κ1) is 12.8. The van der Waals surface area contributed by atoms with Crippen molar-refractivity contribution in [2.45, 2.75) is 32.6 Å². The maximum Gasteiger partial charge on any atom is 0.0659 e. The summed E-state index contributed by atoms with van der Waals surface area (Å²) in [7, 11) is 0. The van der Waals surface area contributed by atoms with Crippen LogP contribution in [0.1, 0.15) is 31.7 Å². The Bertz CT molecular complexity index is 323. The third-order valence-electron chi connectivity index (χ3n) is 2.82. The highest BCUT2D eigenvalue weighted by Crippen LogP contribution is 2.19. The van der Waals surface area contributed by atoms with E-state index in [1.165, 1.54) is 5.56 Å². The normalized spacial score (nSPS) is 14.1. The van der Waals surface area contributed by atoms with Crippen LogP contribution in [0.2, 0.25) is 0 Å². The molecule has 0 saturated carbocycles. The van der Waals surface area contributed by atoms with Crippen molar-refractivity contribution >= 4 is 0 Å². The van der Waals surface area contributed by atoms with E-state index in [2.05, 4.69) is 32.0 Å². The van der Waals surface area contributed by atoms with Gasteiger partial charge in [0.15, 0.2) is 0 Å². The third kappa shape index (κ3) is 4.49. The molecule has 0 fully saturated rings. The molecule has 1 aromatic rings. The van der Waals surface area contributed by atoms with Gasteiger partial charge in [-0.2, -0.15) is 5.26 Å². The third-order valence-corrected chi connectivity index (χ3v) is 2.82. The van der Waals surface area contributed by atoms with Crippen LogP contribution in [0.5, 0.6) is 0 Å². The van der Waals surface area contributed by atoms with Crippen LogP contribution in [0.25, 0.3) is 0 Å². The van der Waals surface area contributed by atoms with Crippen LogP contribution in [0.15, 0.2) is 30.3 Å². The average Bonchev–Trinajstić information content (AvgIpc) is 2.30. The SMILES string of the molecule is [CH2]C(CCC)CC(C#N)Cc1ccccc1. The molecule has 0 aliphatic heterocycles. The molecule has 0 saturated heterocycles. The van der Waals surface area contributed by atoms with Crippen molar-refractivity contribution in [1.82, 2.24) is 0 Å². The second-order valence-corrected chi connectivity index (χ2v) is 4.41. The summed E-state index contributed by atoms with van der Waals surface area (Å²) >= 11 is 0. The Morgan fingerprint density at radius 3 is 2.56 bits per heavy atom. The Morgan fingerprint density at radius 1 is 1.31 bits per heavy atom. The topological polar surface area (TPSA) is 23.8 Å². The van der Waals surface area contributed by atoms with Crippen LogP contribution in [0.3, 0.4) is 0 Å². The second kappa shape index (κ2) is 7.06. The molecule has 0 aliphatic rings. The average molecular weight is 214 g/mol. The molecular formula is C15H20N. The lowest BCUT2D eigenvalue weighted by Crippen LogP contribution is -2.07. The molecule has 0 heterocycles. The van der Waals surface area contributed by atoms with Gasteiger partial charge in [0.25, 0.3) is 0 Å². The monoisotopic (exact) mass is 214 g/mol. The Kier molecular flexibility index (Phi) is 5.64. The van der Waals surface area contributed by atoms with Crippen LogP contribution >= 0.6 is 0 Å². The minimum absolute atomic E-state index is 0.108. The number of hydrogen-bond acceptors (Lipinski definition) is 1. The van der Waals surface area contributed by atoms with Gasteiger partial charge >= 0.3 is 0 Å². The zero-order valence-electron chi connectivity index (χ0n) is 10.0. The van der Waals surface area contributed by atoms with Crippen molar-refractivity contribution in [1.29, 1.82) is 5.26 Å². The Balaban J connectivity index is 2.47. The Labute approximate surface area is 99.1 Å². The van der Waals surface area contributed by atoms with Crippen molar-refractivity contribution in [3.05, 3.63) is 42.8 Å². The zero-order chi connectivity index (χ0) is 11.8. The lowest BCUT2D eigenvalue weighted by molar-refractivity contribution is 0.456. The van der Waals surface area contributed by atoms with Crippen LogP contribution in [0.4, 0.5) is 0 Å².